The number of methoxy groups -OCH3 is 1. The first kappa shape index (κ1) is 21.7. The van der Waals surface area contributed by atoms with Crippen LogP contribution in [0.4, 0.5) is 4.79 Å². The Bertz CT molecular complexity index is 731. The molecule has 7 nitrogen and oxygen atoms in total. The Kier molecular flexibility index (Phi) is 7.27. The highest BCUT2D eigenvalue weighted by Crippen LogP contribution is 2.33. The number of halogens is 1. The molecule has 2 aliphatic carbocycles. The molecule has 0 aromatic rings. The summed E-state index contributed by atoms with van der Waals surface area (Å²) in [6, 6.07) is 0.0441. The molecule has 3 N–H and O–H groups in total. The third-order valence-electron chi connectivity index (χ3n) is 5.66. The zero-order chi connectivity index (χ0) is 21.0. The van der Waals surface area contributed by atoms with Crippen LogP contribution in [0.1, 0.15) is 46.0 Å². The van der Waals surface area contributed by atoms with Crippen molar-refractivity contribution >= 4 is 27.9 Å². The van der Waals surface area contributed by atoms with Gasteiger partial charge in [-0.05, 0) is 50.7 Å². The summed E-state index contributed by atoms with van der Waals surface area (Å²) in [5.74, 6) is 0.642. The summed E-state index contributed by atoms with van der Waals surface area (Å²) in [7, 11) is 1.30. The summed E-state index contributed by atoms with van der Waals surface area (Å²) in [6.45, 7) is 4.56. The van der Waals surface area contributed by atoms with Gasteiger partial charge in [-0.25, -0.2) is 15.2 Å². The van der Waals surface area contributed by atoms with Gasteiger partial charge in [-0.2, -0.15) is 0 Å². The van der Waals surface area contributed by atoms with Gasteiger partial charge in [-0.15, -0.1) is 0 Å². The molecule has 2 amide bonds. The van der Waals surface area contributed by atoms with E-state index in [1.807, 2.05) is 13.8 Å². The number of rotatable bonds is 3. The van der Waals surface area contributed by atoms with Gasteiger partial charge in [0.05, 0.1) is 24.9 Å². The van der Waals surface area contributed by atoms with Crippen LogP contribution >= 0.6 is 15.9 Å². The SMILES string of the molecule is COC(=O)NN(C(=O)C1CCCC/C1=C1\NCC(C2=CCC(Br)C=C2)N1)C(C)C. The van der Waals surface area contributed by atoms with Gasteiger partial charge in [0, 0.05) is 17.4 Å². The molecule has 1 aliphatic heterocycles. The lowest BCUT2D eigenvalue weighted by molar-refractivity contribution is -0.139. The van der Waals surface area contributed by atoms with E-state index in [0.717, 1.165) is 50.0 Å². The molecular formula is C21H31BrN4O3. The zero-order valence-electron chi connectivity index (χ0n) is 17.3. The molecule has 0 bridgehead atoms. The normalized spacial score (nSPS) is 29.0. The second-order valence-corrected chi connectivity index (χ2v) is 9.17. The van der Waals surface area contributed by atoms with Gasteiger partial charge in [-0.1, -0.05) is 40.6 Å². The second kappa shape index (κ2) is 9.69. The van der Waals surface area contributed by atoms with E-state index >= 15 is 0 Å². The molecule has 0 spiro atoms. The molecule has 3 rings (SSSR count). The van der Waals surface area contributed by atoms with Gasteiger partial charge in [-0.3, -0.25) is 4.79 Å². The fraction of sp³-hybridized carbons (Fsp3) is 0.619. The van der Waals surface area contributed by atoms with Crippen LogP contribution in [0.2, 0.25) is 0 Å². The highest BCUT2D eigenvalue weighted by Gasteiger charge is 2.35. The van der Waals surface area contributed by atoms with E-state index in [9.17, 15) is 9.59 Å². The molecule has 160 valence electrons. The van der Waals surface area contributed by atoms with Crippen LogP contribution in [-0.2, 0) is 9.53 Å². The Morgan fingerprint density at radius 1 is 1.34 bits per heavy atom. The highest BCUT2D eigenvalue weighted by molar-refractivity contribution is 9.09. The molecule has 3 atom stereocenters. The van der Waals surface area contributed by atoms with Gasteiger partial charge in [0.1, 0.15) is 0 Å². The standard InChI is InChI=1S/C21H31BrN4O3/c1-13(2)26(25-21(28)29-3)20(27)17-7-5-4-6-16(17)19-23-12-18(24-19)14-8-10-15(22)11-9-14/h8-10,13,15,17-18,23-24H,4-7,11-12H2,1-3H3,(H,25,28)/b19-16-. The molecule has 0 aromatic carbocycles. The zero-order valence-corrected chi connectivity index (χ0v) is 18.9. The number of hydrogen-bond acceptors (Lipinski definition) is 5. The number of allylic oxidation sites excluding steroid dienone is 2. The van der Waals surface area contributed by atoms with Crippen LogP contribution in [-0.4, -0.2) is 47.6 Å². The third kappa shape index (κ3) is 5.15. The largest absolute Gasteiger partial charge is 0.452 e. The van der Waals surface area contributed by atoms with Crippen molar-refractivity contribution < 1.29 is 14.3 Å². The van der Waals surface area contributed by atoms with E-state index in [2.05, 4.69) is 55.0 Å². The van der Waals surface area contributed by atoms with Gasteiger partial charge in [0.15, 0.2) is 0 Å². The van der Waals surface area contributed by atoms with Gasteiger partial charge >= 0.3 is 6.09 Å². The number of hydrazine groups is 1. The van der Waals surface area contributed by atoms with Gasteiger partial charge in [0.25, 0.3) is 0 Å². The Morgan fingerprint density at radius 2 is 2.14 bits per heavy atom. The first-order valence-electron chi connectivity index (χ1n) is 10.3. The number of alkyl halides is 1. The Labute approximate surface area is 181 Å². The fourth-order valence-electron chi connectivity index (χ4n) is 4.09. The third-order valence-corrected chi connectivity index (χ3v) is 6.34. The van der Waals surface area contributed by atoms with Crippen LogP contribution in [0.25, 0.3) is 0 Å². The lowest BCUT2D eigenvalue weighted by Crippen LogP contribution is -2.53. The maximum absolute atomic E-state index is 13.3. The molecule has 3 unspecified atom stereocenters. The van der Waals surface area contributed by atoms with Crippen molar-refractivity contribution in [3.8, 4) is 0 Å². The van der Waals surface area contributed by atoms with E-state index in [4.69, 9.17) is 0 Å². The average molecular weight is 467 g/mol. The Hall–Kier alpha value is -1.96. The second-order valence-electron chi connectivity index (χ2n) is 8.00. The highest BCUT2D eigenvalue weighted by atomic mass is 79.9. The average Bonchev–Trinajstić information content (AvgIpc) is 3.21. The molecule has 0 radical (unpaired) electrons. The predicted octanol–water partition coefficient (Wildman–Crippen LogP) is 3.11. The van der Waals surface area contributed by atoms with Crippen LogP contribution in [0.5, 0.6) is 0 Å². The summed E-state index contributed by atoms with van der Waals surface area (Å²) < 4.78 is 4.69. The molecule has 2 fully saturated rings. The van der Waals surface area contributed by atoms with E-state index in [-0.39, 0.29) is 23.9 Å². The van der Waals surface area contributed by atoms with Crippen molar-refractivity contribution in [2.24, 2.45) is 5.92 Å². The topological polar surface area (TPSA) is 82.7 Å². The summed E-state index contributed by atoms with van der Waals surface area (Å²) in [5, 5.41) is 8.49. The first-order valence-corrected chi connectivity index (χ1v) is 11.3. The fourth-order valence-corrected chi connectivity index (χ4v) is 4.43. The smallest absolute Gasteiger partial charge is 0.425 e. The van der Waals surface area contributed by atoms with E-state index in [1.165, 1.54) is 17.7 Å². The molecular weight excluding hydrogens is 436 g/mol. The first-order chi connectivity index (χ1) is 13.9. The molecule has 1 saturated carbocycles. The lowest BCUT2D eigenvalue weighted by Gasteiger charge is -2.33. The summed E-state index contributed by atoms with van der Waals surface area (Å²) in [6.07, 6.45) is 10.7. The van der Waals surface area contributed by atoms with Crippen molar-refractivity contribution in [2.45, 2.75) is 62.9 Å². The molecule has 29 heavy (non-hydrogen) atoms. The van der Waals surface area contributed by atoms with E-state index in [0.29, 0.717) is 4.83 Å². The summed E-state index contributed by atoms with van der Waals surface area (Å²) in [4.78, 5) is 25.4. The summed E-state index contributed by atoms with van der Waals surface area (Å²) >= 11 is 3.61. The van der Waals surface area contributed by atoms with Crippen molar-refractivity contribution in [1.29, 1.82) is 0 Å². The molecule has 3 aliphatic rings. The van der Waals surface area contributed by atoms with Gasteiger partial charge in [0.2, 0.25) is 5.91 Å². The monoisotopic (exact) mass is 466 g/mol. The molecule has 0 aromatic heterocycles. The van der Waals surface area contributed by atoms with Crippen molar-refractivity contribution in [2.75, 3.05) is 13.7 Å². The number of nitrogens with zero attached hydrogens (tertiary/aromatic N) is 1. The van der Waals surface area contributed by atoms with Crippen molar-refractivity contribution in [3.63, 3.8) is 0 Å². The van der Waals surface area contributed by atoms with Gasteiger partial charge < -0.3 is 15.4 Å². The summed E-state index contributed by atoms with van der Waals surface area (Å²) in [5.41, 5.74) is 4.96. The van der Waals surface area contributed by atoms with Crippen LogP contribution in [0.15, 0.2) is 35.2 Å². The number of carbonyl (C=O) groups is 2. The van der Waals surface area contributed by atoms with Crippen LogP contribution < -0.4 is 16.1 Å². The lowest BCUT2D eigenvalue weighted by atomic mass is 9.83. The minimum absolute atomic E-state index is 0.0847. The van der Waals surface area contributed by atoms with E-state index in [1.54, 1.807) is 0 Å². The van der Waals surface area contributed by atoms with Crippen molar-refractivity contribution in [3.05, 3.63) is 35.2 Å². The Morgan fingerprint density at radius 3 is 2.79 bits per heavy atom. The van der Waals surface area contributed by atoms with Crippen molar-refractivity contribution in [1.82, 2.24) is 21.1 Å². The molecule has 8 heteroatoms. The predicted molar refractivity (Wildman–Crippen MR) is 116 cm³/mol. The number of nitrogens with one attached hydrogen (secondary N) is 3. The van der Waals surface area contributed by atoms with E-state index < -0.39 is 6.09 Å². The maximum atomic E-state index is 13.3. The maximum Gasteiger partial charge on any atom is 0.425 e. The number of carbonyl (C=O) groups excluding carboxylic acids is 2. The number of hydrogen-bond donors (Lipinski definition) is 3. The van der Waals surface area contributed by atoms with Crippen LogP contribution in [0.3, 0.4) is 0 Å². The minimum Gasteiger partial charge on any atom is -0.452 e. The van der Waals surface area contributed by atoms with Crippen LogP contribution in [0, 0.1) is 5.92 Å². The quantitative estimate of drug-likeness (QED) is 0.439. The molecule has 1 heterocycles. The number of amides is 2. The molecule has 1 saturated heterocycles. The Balaban J connectivity index is 1.77. The number of ether oxygens (including phenoxy) is 1. The minimum atomic E-state index is -0.629.